The van der Waals surface area contributed by atoms with Crippen molar-refractivity contribution in [3.63, 3.8) is 0 Å². The normalized spacial score (nSPS) is 14.3. The summed E-state index contributed by atoms with van der Waals surface area (Å²) in [7, 11) is -9.91. The Morgan fingerprint density at radius 2 is 0.531 bits per heavy atom. The molecule has 0 radical (unpaired) electrons. The highest BCUT2D eigenvalue weighted by atomic mass is 31.2. The molecule has 0 saturated carbocycles. The van der Waals surface area contributed by atoms with Gasteiger partial charge in [0.05, 0.1) is 26.4 Å². The molecule has 0 amide bonds. The third-order valence-electron chi connectivity index (χ3n) is 18.3. The molecule has 0 bridgehead atoms. The van der Waals surface area contributed by atoms with Crippen LogP contribution in [-0.4, -0.2) is 96.7 Å². The minimum atomic E-state index is -4.96. The number of phosphoric acid groups is 2. The number of carbonyl (C=O) groups excluding carboxylic acids is 4. The Morgan fingerprint density at radius 1 is 0.302 bits per heavy atom. The van der Waals surface area contributed by atoms with E-state index in [4.69, 9.17) is 37.0 Å². The minimum Gasteiger partial charge on any atom is -0.462 e. The first-order valence-corrected chi connectivity index (χ1v) is 43.0. The van der Waals surface area contributed by atoms with E-state index in [-0.39, 0.29) is 25.7 Å². The van der Waals surface area contributed by atoms with Crippen LogP contribution < -0.4 is 0 Å². The maximum absolute atomic E-state index is 13.1. The van der Waals surface area contributed by atoms with Crippen LogP contribution in [0.2, 0.25) is 0 Å². The number of aliphatic hydroxyl groups is 1. The van der Waals surface area contributed by atoms with Gasteiger partial charge in [-0.05, 0) is 37.5 Å². The van der Waals surface area contributed by atoms with E-state index >= 15 is 0 Å². The fourth-order valence-electron chi connectivity index (χ4n) is 11.8. The summed E-state index contributed by atoms with van der Waals surface area (Å²) in [6, 6.07) is 0. The molecule has 0 aliphatic carbocycles. The SMILES string of the molecule is CCCCCCCCCCCCCCCCCCC(=O)OC[C@H](COP(=O)(O)OC[C@@H](O)COP(=O)(O)OC[C@@H](COC(=O)CCCCCCCCC)OC(=O)CCCCCCCCCCCCC(C)CC)OC(=O)CCCCCCCCCCCCCCCCCCC(C)C. The fraction of sp³-hybridized carbons (Fsp3) is 0.948. The molecule has 19 heteroatoms. The topological polar surface area (TPSA) is 237 Å². The average molecular weight is 1410 g/mol. The number of carbonyl (C=O) groups is 4. The van der Waals surface area contributed by atoms with Gasteiger partial charge in [-0.15, -0.1) is 0 Å². The van der Waals surface area contributed by atoms with Crippen molar-refractivity contribution >= 4 is 39.5 Å². The summed E-state index contributed by atoms with van der Waals surface area (Å²) >= 11 is 0. The predicted octanol–water partition coefficient (Wildman–Crippen LogP) is 22.7. The first kappa shape index (κ1) is 94.1. The van der Waals surface area contributed by atoms with Crippen LogP contribution in [0, 0.1) is 11.8 Å². The molecule has 570 valence electrons. The quantitative estimate of drug-likeness (QED) is 0.0222. The Hall–Kier alpha value is -1.94. The molecule has 96 heavy (non-hydrogen) atoms. The highest BCUT2D eigenvalue weighted by molar-refractivity contribution is 7.47. The summed E-state index contributed by atoms with van der Waals surface area (Å²) in [5.74, 6) is -0.505. The number of phosphoric ester groups is 2. The molecule has 0 spiro atoms. The zero-order chi connectivity index (χ0) is 70.7. The van der Waals surface area contributed by atoms with E-state index in [1.165, 1.54) is 205 Å². The predicted molar refractivity (Wildman–Crippen MR) is 391 cm³/mol. The van der Waals surface area contributed by atoms with E-state index in [2.05, 4.69) is 41.5 Å². The molecule has 0 rings (SSSR count). The van der Waals surface area contributed by atoms with Crippen molar-refractivity contribution in [3.05, 3.63) is 0 Å². The van der Waals surface area contributed by atoms with Crippen LogP contribution >= 0.6 is 15.6 Å². The molecule has 0 aromatic heterocycles. The van der Waals surface area contributed by atoms with Gasteiger partial charge >= 0.3 is 39.5 Å². The minimum absolute atomic E-state index is 0.106. The number of rotatable bonds is 76. The van der Waals surface area contributed by atoms with Crippen molar-refractivity contribution in [2.45, 2.75) is 419 Å². The molecule has 0 heterocycles. The summed E-state index contributed by atoms with van der Waals surface area (Å²) in [6.07, 6.45) is 56.9. The Morgan fingerprint density at radius 3 is 0.792 bits per heavy atom. The zero-order valence-corrected chi connectivity index (χ0v) is 64.5. The lowest BCUT2D eigenvalue weighted by molar-refractivity contribution is -0.161. The third kappa shape index (κ3) is 69.2. The standard InChI is InChI=1S/C77H150O17P2/c1-7-10-12-14-16-17-18-19-20-24-27-30-36-42-48-54-60-75(80)88-66-73(94-76(81)61-55-49-43-37-31-28-25-22-21-23-26-29-34-40-45-51-57-69(4)5)68-92-96(85,86)90-64-71(78)63-89-95(83,84)91-67-72(65-87-74(79)59-53-47-39-15-13-11-8-2)93-77(82)62-56-50-44-38-33-32-35-41-46-52-58-70(6)9-3/h69-73,78H,7-68H2,1-6H3,(H,83,84)(H,85,86)/t70?,71-,72+,73+/m0/s1. The van der Waals surface area contributed by atoms with Crippen molar-refractivity contribution < 1.29 is 80.2 Å². The monoisotopic (exact) mass is 1410 g/mol. The van der Waals surface area contributed by atoms with Crippen molar-refractivity contribution in [2.24, 2.45) is 11.8 Å². The van der Waals surface area contributed by atoms with Gasteiger partial charge in [0.15, 0.2) is 12.2 Å². The molecule has 3 unspecified atom stereocenters. The summed E-state index contributed by atoms with van der Waals surface area (Å²) < 4.78 is 68.5. The summed E-state index contributed by atoms with van der Waals surface area (Å²) in [4.78, 5) is 72.7. The van der Waals surface area contributed by atoms with Crippen molar-refractivity contribution in [3.8, 4) is 0 Å². The molecular formula is C77H150O17P2. The second kappa shape index (κ2) is 68.8. The lowest BCUT2D eigenvalue weighted by Crippen LogP contribution is -2.30. The van der Waals surface area contributed by atoms with E-state index < -0.39 is 97.5 Å². The molecule has 0 fully saturated rings. The van der Waals surface area contributed by atoms with Crippen LogP contribution in [0.3, 0.4) is 0 Å². The van der Waals surface area contributed by atoms with Gasteiger partial charge in [0.2, 0.25) is 0 Å². The fourth-order valence-corrected chi connectivity index (χ4v) is 13.4. The molecule has 0 aromatic rings. The van der Waals surface area contributed by atoms with Gasteiger partial charge in [-0.2, -0.15) is 0 Å². The molecular weight excluding hydrogens is 1260 g/mol. The van der Waals surface area contributed by atoms with Crippen molar-refractivity contribution in [1.82, 2.24) is 0 Å². The van der Waals surface area contributed by atoms with Gasteiger partial charge in [-0.1, -0.05) is 350 Å². The van der Waals surface area contributed by atoms with E-state index in [1.807, 2.05) is 0 Å². The van der Waals surface area contributed by atoms with Gasteiger partial charge in [0.25, 0.3) is 0 Å². The van der Waals surface area contributed by atoms with E-state index in [0.717, 1.165) is 115 Å². The Kier molecular flexibility index (Phi) is 67.4. The van der Waals surface area contributed by atoms with Crippen molar-refractivity contribution in [1.29, 1.82) is 0 Å². The second-order valence-corrected chi connectivity index (χ2v) is 31.4. The lowest BCUT2D eigenvalue weighted by atomic mass is 9.99. The molecule has 0 aromatic carbocycles. The molecule has 6 atom stereocenters. The molecule has 17 nitrogen and oxygen atoms in total. The van der Waals surface area contributed by atoms with Gasteiger partial charge in [0.1, 0.15) is 19.3 Å². The summed E-state index contributed by atoms with van der Waals surface area (Å²) in [5, 5.41) is 10.6. The highest BCUT2D eigenvalue weighted by Crippen LogP contribution is 2.45. The third-order valence-corrected chi connectivity index (χ3v) is 20.2. The Labute approximate surface area is 588 Å². The lowest BCUT2D eigenvalue weighted by Gasteiger charge is -2.21. The number of hydrogen-bond acceptors (Lipinski definition) is 15. The molecule has 3 N–H and O–H groups in total. The van der Waals surface area contributed by atoms with E-state index in [1.54, 1.807) is 0 Å². The number of aliphatic hydroxyl groups excluding tert-OH is 1. The van der Waals surface area contributed by atoms with Gasteiger partial charge < -0.3 is 33.8 Å². The Bertz CT molecular complexity index is 1860. The molecule has 0 aliphatic heterocycles. The first-order chi connectivity index (χ1) is 46.4. The zero-order valence-electron chi connectivity index (χ0n) is 62.7. The molecule has 0 aliphatic rings. The van der Waals surface area contributed by atoms with Crippen LogP contribution in [-0.2, 0) is 65.4 Å². The van der Waals surface area contributed by atoms with Gasteiger partial charge in [-0.25, -0.2) is 9.13 Å². The van der Waals surface area contributed by atoms with Crippen LogP contribution in [0.1, 0.15) is 401 Å². The number of ether oxygens (including phenoxy) is 4. The van der Waals surface area contributed by atoms with Crippen LogP contribution in [0.25, 0.3) is 0 Å². The number of hydrogen-bond donors (Lipinski definition) is 3. The maximum Gasteiger partial charge on any atom is 0.472 e. The summed E-state index contributed by atoms with van der Waals surface area (Å²) in [6.45, 7) is 9.62. The average Bonchev–Trinajstić information content (AvgIpc) is 1.49. The summed E-state index contributed by atoms with van der Waals surface area (Å²) in [5.41, 5.74) is 0. The maximum atomic E-state index is 13.1. The largest absolute Gasteiger partial charge is 0.472 e. The Balaban J connectivity index is 5.19. The highest BCUT2D eigenvalue weighted by Gasteiger charge is 2.30. The van der Waals surface area contributed by atoms with Crippen molar-refractivity contribution in [2.75, 3.05) is 39.6 Å². The number of esters is 4. The molecule has 0 saturated heterocycles. The number of unbranched alkanes of at least 4 members (excludes halogenated alkanes) is 45. The first-order valence-electron chi connectivity index (χ1n) is 40.0. The van der Waals surface area contributed by atoms with E-state index in [9.17, 15) is 43.2 Å². The van der Waals surface area contributed by atoms with Gasteiger partial charge in [0, 0.05) is 25.7 Å². The second-order valence-electron chi connectivity index (χ2n) is 28.5. The van der Waals surface area contributed by atoms with Crippen LogP contribution in [0.15, 0.2) is 0 Å². The smallest absolute Gasteiger partial charge is 0.462 e. The van der Waals surface area contributed by atoms with E-state index in [0.29, 0.717) is 25.7 Å². The van der Waals surface area contributed by atoms with Crippen LogP contribution in [0.4, 0.5) is 0 Å². The van der Waals surface area contributed by atoms with Crippen LogP contribution in [0.5, 0.6) is 0 Å². The van der Waals surface area contributed by atoms with Gasteiger partial charge in [-0.3, -0.25) is 37.3 Å².